The zero-order valence-electron chi connectivity index (χ0n) is 25.1. The highest BCUT2D eigenvalue weighted by Crippen LogP contribution is 2.56. The fraction of sp³-hybridized carbons (Fsp3) is 0.633. The molecule has 2 aromatic rings. The van der Waals surface area contributed by atoms with E-state index < -0.39 is 35.2 Å². The first-order valence-corrected chi connectivity index (χ1v) is 14.6. The second-order valence-electron chi connectivity index (χ2n) is 13.0. The summed E-state index contributed by atoms with van der Waals surface area (Å²) in [6, 6.07) is 1.59. The van der Waals surface area contributed by atoms with E-state index in [4.69, 9.17) is 9.47 Å². The number of hydrogen-bond donors (Lipinski definition) is 0. The van der Waals surface area contributed by atoms with Crippen LogP contribution in [-0.2, 0) is 28.4 Å². The van der Waals surface area contributed by atoms with Crippen LogP contribution in [0.2, 0.25) is 0 Å². The Kier molecular flexibility index (Phi) is 8.45. The van der Waals surface area contributed by atoms with E-state index in [1.54, 1.807) is 43.0 Å². The number of ether oxygens (including phenoxy) is 2. The number of carbonyl (C=O) groups excluding carboxylic acids is 1. The molecule has 1 aromatic carbocycles. The highest BCUT2D eigenvalue weighted by molar-refractivity contribution is 5.70. The van der Waals surface area contributed by atoms with Crippen LogP contribution in [-0.4, -0.2) is 71.5 Å². The molecule has 8 nitrogen and oxygen atoms in total. The van der Waals surface area contributed by atoms with Crippen LogP contribution in [0.4, 0.5) is 42.8 Å². The van der Waals surface area contributed by atoms with Gasteiger partial charge in [0.15, 0.2) is 0 Å². The van der Waals surface area contributed by atoms with E-state index in [9.17, 15) is 31.1 Å². The van der Waals surface area contributed by atoms with Crippen molar-refractivity contribution < 1.29 is 40.6 Å². The molecule has 242 valence electrons. The zero-order chi connectivity index (χ0) is 32.1. The van der Waals surface area contributed by atoms with Crippen molar-refractivity contribution in [2.24, 2.45) is 11.8 Å². The summed E-state index contributed by atoms with van der Waals surface area (Å²) < 4.78 is 92.9. The molecule has 3 aliphatic rings. The molecule has 0 bridgehead atoms. The summed E-state index contributed by atoms with van der Waals surface area (Å²) in [5, 5.41) is 0. The third-order valence-corrected chi connectivity index (χ3v) is 8.43. The monoisotopic (exact) mass is 629 g/mol. The van der Waals surface area contributed by atoms with Gasteiger partial charge in [0.2, 0.25) is 5.95 Å². The Morgan fingerprint density at radius 3 is 2.07 bits per heavy atom. The molecule has 3 atom stereocenters. The van der Waals surface area contributed by atoms with Crippen LogP contribution in [0, 0.1) is 11.8 Å². The van der Waals surface area contributed by atoms with E-state index in [0.29, 0.717) is 39.3 Å². The lowest BCUT2D eigenvalue weighted by atomic mass is 10.0. The third-order valence-electron chi connectivity index (χ3n) is 8.43. The average molecular weight is 630 g/mol. The van der Waals surface area contributed by atoms with Crippen LogP contribution in [0.1, 0.15) is 57.2 Å². The van der Waals surface area contributed by atoms with Crippen LogP contribution in [0.5, 0.6) is 0 Å². The van der Waals surface area contributed by atoms with Gasteiger partial charge in [0.05, 0.1) is 42.4 Å². The SMILES string of the molecule is C[C@@H]1CC12C[C@H](CN(Cc1cc(C(F)(F)F)cc(C(F)(F)F)c1)c1ncc(N3CCOCC3)cn1)CN2C(=O)OC(C)(C)C. The van der Waals surface area contributed by atoms with E-state index in [2.05, 4.69) is 9.97 Å². The highest BCUT2D eigenvalue weighted by atomic mass is 19.4. The smallest absolute Gasteiger partial charge is 0.416 e. The van der Waals surface area contributed by atoms with Gasteiger partial charge in [0, 0.05) is 38.3 Å². The maximum Gasteiger partial charge on any atom is 0.416 e. The van der Waals surface area contributed by atoms with Gasteiger partial charge in [0.25, 0.3) is 0 Å². The van der Waals surface area contributed by atoms with Crippen molar-refractivity contribution in [3.05, 3.63) is 47.3 Å². The summed E-state index contributed by atoms with van der Waals surface area (Å²) in [5.41, 5.74) is -3.29. The van der Waals surface area contributed by atoms with Crippen LogP contribution in [0.15, 0.2) is 30.6 Å². The van der Waals surface area contributed by atoms with Crippen molar-refractivity contribution in [3.8, 4) is 0 Å². The Hall–Kier alpha value is -3.29. The molecule has 0 N–H and O–H groups in total. The minimum absolute atomic E-state index is 0.120. The molecular weight excluding hydrogens is 592 g/mol. The number of alkyl halides is 6. The molecule has 1 aromatic heterocycles. The van der Waals surface area contributed by atoms with Gasteiger partial charge in [-0.25, -0.2) is 14.8 Å². The molecule has 0 radical (unpaired) electrons. The van der Waals surface area contributed by atoms with Crippen molar-refractivity contribution >= 4 is 17.7 Å². The average Bonchev–Trinajstić information content (AvgIpc) is 3.42. The topological polar surface area (TPSA) is 71.0 Å². The summed E-state index contributed by atoms with van der Waals surface area (Å²) in [6.45, 7) is 10.0. The summed E-state index contributed by atoms with van der Waals surface area (Å²) >= 11 is 0. The van der Waals surface area contributed by atoms with Crippen molar-refractivity contribution in [1.29, 1.82) is 0 Å². The predicted molar refractivity (Wildman–Crippen MR) is 150 cm³/mol. The standard InChI is InChI=1S/C30H37F6N5O3/c1-19-12-28(19)13-21(18-41(28)26(42)44-27(2,3)4)17-40(25-37-14-24(15-38-25)39-5-7-43-8-6-39)16-20-9-22(29(31,32)33)11-23(10-20)30(34,35)36/h9-11,14-15,19,21H,5-8,12-13,16-18H2,1-4H3/t19-,21-,28?/m1/s1. The summed E-state index contributed by atoms with van der Waals surface area (Å²) in [7, 11) is 0. The normalized spacial score (nSPS) is 24.1. The maximum absolute atomic E-state index is 13.6. The highest BCUT2D eigenvalue weighted by Gasteiger charge is 2.62. The van der Waals surface area contributed by atoms with E-state index >= 15 is 0 Å². The number of anilines is 2. The van der Waals surface area contributed by atoms with Crippen molar-refractivity contribution in [3.63, 3.8) is 0 Å². The number of morpholine rings is 1. The number of amides is 1. The van der Waals surface area contributed by atoms with Crippen LogP contribution >= 0.6 is 0 Å². The summed E-state index contributed by atoms with van der Waals surface area (Å²) in [5.74, 6) is 0.250. The molecule has 3 heterocycles. The molecule has 2 saturated heterocycles. The number of halogens is 6. The van der Waals surface area contributed by atoms with Crippen molar-refractivity contribution in [2.75, 3.05) is 49.2 Å². The zero-order valence-corrected chi connectivity index (χ0v) is 25.1. The van der Waals surface area contributed by atoms with Crippen molar-refractivity contribution in [2.45, 2.75) is 70.6 Å². The summed E-state index contributed by atoms with van der Waals surface area (Å²) in [4.78, 5) is 27.5. The molecular formula is C30H37F6N5O3. The Morgan fingerprint density at radius 2 is 1.57 bits per heavy atom. The Balaban J connectivity index is 1.45. The molecule has 14 heteroatoms. The fourth-order valence-electron chi connectivity index (χ4n) is 6.26. The molecule has 1 spiro atoms. The van der Waals surface area contributed by atoms with Gasteiger partial charge >= 0.3 is 18.4 Å². The first kappa shape index (κ1) is 32.1. The van der Waals surface area contributed by atoms with Gasteiger partial charge in [-0.1, -0.05) is 6.92 Å². The lowest BCUT2D eigenvalue weighted by Gasteiger charge is -2.30. The first-order chi connectivity index (χ1) is 20.4. The number of hydrogen-bond acceptors (Lipinski definition) is 7. The van der Waals surface area contributed by atoms with E-state index in [-0.39, 0.29) is 48.0 Å². The second-order valence-corrected chi connectivity index (χ2v) is 13.0. The van der Waals surface area contributed by atoms with Crippen LogP contribution in [0.3, 0.4) is 0 Å². The Labute approximate surface area is 252 Å². The minimum atomic E-state index is -4.97. The lowest BCUT2D eigenvalue weighted by molar-refractivity contribution is -0.143. The quantitative estimate of drug-likeness (QED) is 0.343. The molecule has 1 amide bonds. The van der Waals surface area contributed by atoms with Gasteiger partial charge in [0.1, 0.15) is 5.60 Å². The number of aromatic nitrogens is 2. The minimum Gasteiger partial charge on any atom is -0.444 e. The number of carbonyl (C=O) groups is 1. The number of nitrogens with zero attached hydrogens (tertiary/aromatic N) is 5. The lowest BCUT2D eigenvalue weighted by Crippen LogP contribution is -2.42. The summed E-state index contributed by atoms with van der Waals surface area (Å²) in [6.07, 6.45) is -5.77. The van der Waals surface area contributed by atoms with E-state index in [1.165, 1.54) is 0 Å². The molecule has 44 heavy (non-hydrogen) atoms. The number of rotatable bonds is 6. The largest absolute Gasteiger partial charge is 0.444 e. The predicted octanol–water partition coefficient (Wildman–Crippen LogP) is 6.39. The van der Waals surface area contributed by atoms with Gasteiger partial charge in [-0.2, -0.15) is 26.3 Å². The Morgan fingerprint density at radius 1 is 1.00 bits per heavy atom. The molecule has 1 unspecified atom stereocenters. The number of benzene rings is 1. The molecule has 1 saturated carbocycles. The van der Waals surface area contributed by atoms with E-state index in [0.717, 1.165) is 24.2 Å². The number of likely N-dealkylation sites (tertiary alicyclic amines) is 1. The molecule has 1 aliphatic carbocycles. The molecule has 3 fully saturated rings. The van der Waals surface area contributed by atoms with Crippen LogP contribution < -0.4 is 9.80 Å². The van der Waals surface area contributed by atoms with Gasteiger partial charge in [-0.15, -0.1) is 0 Å². The van der Waals surface area contributed by atoms with E-state index in [1.807, 2.05) is 11.8 Å². The molecule has 5 rings (SSSR count). The van der Waals surface area contributed by atoms with Crippen molar-refractivity contribution in [1.82, 2.24) is 14.9 Å². The van der Waals surface area contributed by atoms with Gasteiger partial charge in [-0.05, 0) is 69.2 Å². The third kappa shape index (κ3) is 7.16. The van der Waals surface area contributed by atoms with Gasteiger partial charge < -0.3 is 24.2 Å². The van der Waals surface area contributed by atoms with Gasteiger partial charge in [-0.3, -0.25) is 0 Å². The second kappa shape index (κ2) is 11.6. The molecule has 2 aliphatic heterocycles. The van der Waals surface area contributed by atoms with Crippen LogP contribution in [0.25, 0.3) is 0 Å². The fourth-order valence-corrected chi connectivity index (χ4v) is 6.26. The Bertz CT molecular complexity index is 1310. The first-order valence-electron chi connectivity index (χ1n) is 14.6. The maximum atomic E-state index is 13.6.